The second-order valence-electron chi connectivity index (χ2n) is 5.26. The van der Waals surface area contributed by atoms with Gasteiger partial charge < -0.3 is 9.84 Å². The lowest BCUT2D eigenvalue weighted by molar-refractivity contribution is 0.0699. The van der Waals surface area contributed by atoms with Gasteiger partial charge in [-0.3, -0.25) is 0 Å². The molecule has 0 aliphatic rings. The van der Waals surface area contributed by atoms with Crippen molar-refractivity contribution in [1.82, 2.24) is 4.98 Å². The third kappa shape index (κ3) is 3.43. The summed E-state index contributed by atoms with van der Waals surface area (Å²) in [5.41, 5.74) is 2.49. The molecule has 120 valence electrons. The first-order valence-corrected chi connectivity index (χ1v) is 7.71. The Balaban J connectivity index is 1.98. The van der Waals surface area contributed by atoms with E-state index in [2.05, 4.69) is 4.98 Å². The van der Waals surface area contributed by atoms with Gasteiger partial charge in [0.25, 0.3) is 0 Å². The summed E-state index contributed by atoms with van der Waals surface area (Å²) in [6.45, 7) is 2.55. The number of aromatic carboxylic acids is 1. The molecule has 0 spiro atoms. The molecule has 1 aromatic heterocycles. The van der Waals surface area contributed by atoms with E-state index in [0.717, 1.165) is 11.3 Å². The van der Waals surface area contributed by atoms with Gasteiger partial charge in [-0.2, -0.15) is 0 Å². The number of hydrogen-bond donors (Lipinski definition) is 1. The molecule has 0 atom stereocenters. The van der Waals surface area contributed by atoms with Crippen LogP contribution >= 0.6 is 0 Å². The maximum absolute atomic E-state index is 11.5. The summed E-state index contributed by atoms with van der Waals surface area (Å²) in [4.78, 5) is 16.0. The molecule has 0 unspecified atom stereocenters. The van der Waals surface area contributed by atoms with Crippen molar-refractivity contribution in [2.24, 2.45) is 0 Å². The molecule has 0 aliphatic heterocycles. The number of carboxylic acid groups (broad SMARTS) is 1. The molecule has 3 rings (SSSR count). The number of nitrogens with zero attached hydrogens (tertiary/aromatic N) is 1. The molecule has 3 aromatic rings. The number of para-hydroxylation sites is 1. The third-order valence-corrected chi connectivity index (χ3v) is 3.58. The highest BCUT2D eigenvalue weighted by atomic mass is 16.5. The largest absolute Gasteiger partial charge is 0.494 e. The third-order valence-electron chi connectivity index (χ3n) is 3.58. The van der Waals surface area contributed by atoms with Gasteiger partial charge in [0.1, 0.15) is 5.75 Å². The minimum Gasteiger partial charge on any atom is -0.494 e. The Kier molecular flexibility index (Phi) is 4.57. The van der Waals surface area contributed by atoms with Crippen LogP contribution < -0.4 is 4.74 Å². The summed E-state index contributed by atoms with van der Waals surface area (Å²) in [7, 11) is 0. The van der Waals surface area contributed by atoms with Crippen molar-refractivity contribution in [1.29, 1.82) is 0 Å². The summed E-state index contributed by atoms with van der Waals surface area (Å²) >= 11 is 0. The number of hydrogen-bond acceptors (Lipinski definition) is 3. The highest BCUT2D eigenvalue weighted by Gasteiger charge is 2.10. The first kappa shape index (κ1) is 15.7. The molecule has 24 heavy (non-hydrogen) atoms. The van der Waals surface area contributed by atoms with Crippen LogP contribution in [0.3, 0.4) is 0 Å². The summed E-state index contributed by atoms with van der Waals surface area (Å²) in [6, 6.07) is 16.5. The molecule has 0 saturated carbocycles. The Hall–Kier alpha value is -3.14. The Labute approximate surface area is 140 Å². The molecule has 2 aromatic carbocycles. The van der Waals surface area contributed by atoms with Crippen molar-refractivity contribution in [3.63, 3.8) is 0 Å². The maximum Gasteiger partial charge on any atom is 0.336 e. The van der Waals surface area contributed by atoms with E-state index in [0.29, 0.717) is 23.2 Å². The van der Waals surface area contributed by atoms with E-state index in [1.807, 2.05) is 61.5 Å². The topological polar surface area (TPSA) is 59.4 Å². The Morgan fingerprint density at radius 2 is 1.96 bits per heavy atom. The van der Waals surface area contributed by atoms with Gasteiger partial charge in [0.2, 0.25) is 0 Å². The lowest BCUT2D eigenvalue weighted by Gasteiger charge is -2.05. The van der Waals surface area contributed by atoms with Crippen molar-refractivity contribution in [2.45, 2.75) is 6.92 Å². The van der Waals surface area contributed by atoms with Crippen molar-refractivity contribution < 1.29 is 14.6 Å². The van der Waals surface area contributed by atoms with Crippen LogP contribution in [-0.4, -0.2) is 22.7 Å². The fourth-order valence-electron chi connectivity index (χ4n) is 2.51. The Bertz CT molecular complexity index is 916. The second kappa shape index (κ2) is 6.96. The SMILES string of the molecule is CCOc1cccc(/C=C/c2cc(C(=O)O)c3ccccc3n2)c1. The molecule has 4 heteroatoms. The smallest absolute Gasteiger partial charge is 0.336 e. The first-order valence-electron chi connectivity index (χ1n) is 7.71. The van der Waals surface area contributed by atoms with Gasteiger partial charge in [-0.15, -0.1) is 0 Å². The Morgan fingerprint density at radius 1 is 1.12 bits per heavy atom. The van der Waals surface area contributed by atoms with Gasteiger partial charge in [-0.05, 0) is 42.8 Å². The number of benzene rings is 2. The van der Waals surface area contributed by atoms with Crippen LogP contribution in [0.5, 0.6) is 5.75 Å². The van der Waals surface area contributed by atoms with Crippen LogP contribution in [0, 0.1) is 0 Å². The van der Waals surface area contributed by atoms with E-state index in [1.165, 1.54) is 0 Å². The van der Waals surface area contributed by atoms with Crippen LogP contribution in [0.25, 0.3) is 23.1 Å². The number of carbonyl (C=O) groups is 1. The standard InChI is InChI=1S/C20H17NO3/c1-2-24-16-7-5-6-14(12-16)10-11-15-13-18(20(22)23)17-8-3-4-9-19(17)21-15/h3-13H,2H2,1H3,(H,22,23)/b11-10+. The molecular weight excluding hydrogens is 302 g/mol. The van der Waals surface area contributed by atoms with Gasteiger partial charge in [-0.25, -0.2) is 9.78 Å². The summed E-state index contributed by atoms with van der Waals surface area (Å²) < 4.78 is 5.48. The van der Waals surface area contributed by atoms with E-state index in [9.17, 15) is 9.90 Å². The van der Waals surface area contributed by atoms with Gasteiger partial charge in [-0.1, -0.05) is 36.4 Å². The molecule has 0 bridgehead atoms. The van der Waals surface area contributed by atoms with E-state index in [4.69, 9.17) is 4.74 Å². The molecule has 4 nitrogen and oxygen atoms in total. The zero-order valence-electron chi connectivity index (χ0n) is 13.3. The quantitative estimate of drug-likeness (QED) is 0.752. The van der Waals surface area contributed by atoms with Crippen LogP contribution in [-0.2, 0) is 0 Å². The number of rotatable bonds is 5. The predicted octanol–water partition coefficient (Wildman–Crippen LogP) is 4.50. The van der Waals surface area contributed by atoms with E-state index >= 15 is 0 Å². The molecule has 0 saturated heterocycles. The average Bonchev–Trinajstić information content (AvgIpc) is 2.60. The second-order valence-corrected chi connectivity index (χ2v) is 5.26. The number of pyridine rings is 1. The summed E-state index contributed by atoms with van der Waals surface area (Å²) in [6.07, 6.45) is 3.70. The summed E-state index contributed by atoms with van der Waals surface area (Å²) in [5, 5.41) is 10.1. The summed E-state index contributed by atoms with van der Waals surface area (Å²) in [5.74, 6) is -0.154. The number of carboxylic acids is 1. The fraction of sp³-hybridized carbons (Fsp3) is 0.100. The average molecular weight is 319 g/mol. The van der Waals surface area contributed by atoms with Crippen LogP contribution in [0.1, 0.15) is 28.5 Å². The molecule has 0 fully saturated rings. The van der Waals surface area contributed by atoms with Crippen LogP contribution in [0.2, 0.25) is 0 Å². The van der Waals surface area contributed by atoms with Crippen molar-refractivity contribution in [2.75, 3.05) is 6.61 Å². The molecule has 0 radical (unpaired) electrons. The molecule has 0 amide bonds. The predicted molar refractivity (Wildman–Crippen MR) is 95.2 cm³/mol. The number of ether oxygens (including phenoxy) is 1. The lowest BCUT2D eigenvalue weighted by Crippen LogP contribution is -2.00. The Morgan fingerprint density at radius 3 is 2.75 bits per heavy atom. The van der Waals surface area contributed by atoms with Crippen molar-refractivity contribution in [3.8, 4) is 5.75 Å². The molecule has 1 N–H and O–H groups in total. The highest BCUT2D eigenvalue weighted by molar-refractivity contribution is 6.03. The monoisotopic (exact) mass is 319 g/mol. The fourth-order valence-corrected chi connectivity index (χ4v) is 2.51. The molecule has 0 aliphatic carbocycles. The van der Waals surface area contributed by atoms with Gasteiger partial charge in [0.05, 0.1) is 23.4 Å². The van der Waals surface area contributed by atoms with Crippen molar-refractivity contribution >= 4 is 29.0 Å². The van der Waals surface area contributed by atoms with E-state index < -0.39 is 5.97 Å². The van der Waals surface area contributed by atoms with E-state index in [1.54, 1.807) is 12.1 Å². The van der Waals surface area contributed by atoms with Crippen LogP contribution in [0.15, 0.2) is 54.6 Å². The molecular formula is C20H17NO3. The molecule has 1 heterocycles. The van der Waals surface area contributed by atoms with Crippen molar-refractivity contribution in [3.05, 3.63) is 71.4 Å². The zero-order valence-corrected chi connectivity index (χ0v) is 13.3. The van der Waals surface area contributed by atoms with Gasteiger partial charge in [0, 0.05) is 5.39 Å². The maximum atomic E-state index is 11.5. The lowest BCUT2D eigenvalue weighted by atomic mass is 10.1. The van der Waals surface area contributed by atoms with E-state index in [-0.39, 0.29) is 5.56 Å². The van der Waals surface area contributed by atoms with Gasteiger partial charge in [0.15, 0.2) is 0 Å². The number of fused-ring (bicyclic) bond motifs is 1. The van der Waals surface area contributed by atoms with Crippen LogP contribution in [0.4, 0.5) is 0 Å². The minimum atomic E-state index is -0.957. The highest BCUT2D eigenvalue weighted by Crippen LogP contribution is 2.20. The van der Waals surface area contributed by atoms with Gasteiger partial charge >= 0.3 is 5.97 Å². The normalized spacial score (nSPS) is 11.0. The first-order chi connectivity index (χ1) is 11.7. The zero-order chi connectivity index (χ0) is 16.9. The number of aromatic nitrogens is 1. The minimum absolute atomic E-state index is 0.253.